The molecule has 0 radical (unpaired) electrons. The second-order valence-electron chi connectivity index (χ2n) is 12.5. The Morgan fingerprint density at radius 1 is 0.871 bits per heavy atom. The van der Waals surface area contributed by atoms with Crippen LogP contribution in [0.5, 0.6) is 0 Å². The third-order valence-corrected chi connectivity index (χ3v) is 10.5. The van der Waals surface area contributed by atoms with Crippen molar-refractivity contribution in [1.82, 2.24) is 20.4 Å². The molecule has 4 aliphatic heterocycles. The largest absolute Gasteiger partial charge is 0.354 e. The molecule has 0 amide bonds. The Morgan fingerprint density at radius 3 is 2.68 bits per heavy atom. The van der Waals surface area contributed by atoms with Gasteiger partial charge in [-0.3, -0.25) is 0 Å². The van der Waals surface area contributed by atoms with Gasteiger partial charge in [0.05, 0.1) is 12.4 Å². The van der Waals surface area contributed by atoms with E-state index in [0.717, 1.165) is 60.2 Å². The molecule has 6 unspecified atom stereocenters. The topological polar surface area (TPSA) is 30.5 Å². The van der Waals surface area contributed by atoms with Gasteiger partial charge < -0.3 is 20.4 Å². The van der Waals surface area contributed by atoms with Gasteiger partial charge in [0.2, 0.25) is 0 Å². The molecule has 31 heavy (non-hydrogen) atoms. The molecule has 0 spiro atoms. The molecule has 4 nitrogen and oxygen atoms in total. The Balaban J connectivity index is 1.29. The van der Waals surface area contributed by atoms with Crippen molar-refractivity contribution >= 4 is 0 Å². The van der Waals surface area contributed by atoms with Gasteiger partial charge in [-0.2, -0.15) is 0 Å². The highest BCUT2D eigenvalue weighted by Crippen LogP contribution is 2.52. The highest BCUT2D eigenvalue weighted by Gasteiger charge is 2.51. The van der Waals surface area contributed by atoms with Gasteiger partial charge >= 0.3 is 0 Å². The van der Waals surface area contributed by atoms with Gasteiger partial charge in [-0.1, -0.05) is 20.8 Å². The van der Waals surface area contributed by atoms with Gasteiger partial charge in [-0.05, 0) is 106 Å². The zero-order valence-electron chi connectivity index (χ0n) is 20.3. The van der Waals surface area contributed by atoms with Crippen molar-refractivity contribution in [2.75, 3.05) is 26.3 Å². The number of fused-ring (bicyclic) bond motifs is 3. The Hall–Kier alpha value is -0.900. The summed E-state index contributed by atoms with van der Waals surface area (Å²) in [5, 5.41) is 7.90. The SMILES string of the molecule is C[C@@H]1CCN2CNC(N3CCCC4C(C5C[C@@H](C)CC6CCNC65)[C@H](C)CCC43)=C2C1. The average molecular weight is 427 g/mol. The fourth-order valence-corrected chi connectivity index (χ4v) is 9.17. The summed E-state index contributed by atoms with van der Waals surface area (Å²) in [6, 6.07) is 1.60. The summed E-state index contributed by atoms with van der Waals surface area (Å²) in [6.07, 6.45) is 12.7. The lowest BCUT2D eigenvalue weighted by molar-refractivity contribution is -0.0354. The second kappa shape index (κ2) is 8.15. The molecule has 0 aromatic rings. The van der Waals surface area contributed by atoms with E-state index in [4.69, 9.17) is 0 Å². The maximum absolute atomic E-state index is 4.01. The highest BCUT2D eigenvalue weighted by atomic mass is 15.4. The van der Waals surface area contributed by atoms with Gasteiger partial charge in [-0.15, -0.1) is 0 Å². The molecule has 9 atom stereocenters. The summed E-state index contributed by atoms with van der Waals surface area (Å²) in [7, 11) is 0. The summed E-state index contributed by atoms with van der Waals surface area (Å²) >= 11 is 0. The third kappa shape index (κ3) is 3.50. The Kier molecular flexibility index (Phi) is 5.44. The van der Waals surface area contributed by atoms with E-state index in [0.29, 0.717) is 0 Å². The lowest BCUT2D eigenvalue weighted by Gasteiger charge is -2.55. The van der Waals surface area contributed by atoms with E-state index in [1.54, 1.807) is 11.5 Å². The summed E-state index contributed by atoms with van der Waals surface area (Å²) in [5.74, 6) is 7.92. The van der Waals surface area contributed by atoms with Crippen molar-refractivity contribution in [3.05, 3.63) is 11.5 Å². The molecule has 0 bridgehead atoms. The first-order valence-corrected chi connectivity index (χ1v) is 13.8. The van der Waals surface area contributed by atoms with Crippen molar-refractivity contribution in [2.24, 2.45) is 41.4 Å². The number of rotatable bonds is 2. The second-order valence-corrected chi connectivity index (χ2v) is 12.5. The molecule has 2 N–H and O–H groups in total. The number of nitrogens with one attached hydrogen (secondary N) is 2. The van der Waals surface area contributed by atoms with E-state index in [-0.39, 0.29) is 0 Å². The van der Waals surface area contributed by atoms with Gasteiger partial charge in [-0.25, -0.2) is 0 Å². The van der Waals surface area contributed by atoms with E-state index < -0.39 is 0 Å². The molecular formula is C27H46N4. The van der Waals surface area contributed by atoms with Crippen molar-refractivity contribution in [3.63, 3.8) is 0 Å². The van der Waals surface area contributed by atoms with Gasteiger partial charge in [0.25, 0.3) is 0 Å². The minimum atomic E-state index is 0.777. The third-order valence-electron chi connectivity index (χ3n) is 10.5. The number of piperidine rings is 2. The van der Waals surface area contributed by atoms with Crippen molar-refractivity contribution in [2.45, 2.75) is 90.6 Å². The van der Waals surface area contributed by atoms with Crippen molar-refractivity contribution < 1.29 is 0 Å². The van der Waals surface area contributed by atoms with Crippen LogP contribution in [-0.2, 0) is 0 Å². The first-order valence-electron chi connectivity index (χ1n) is 13.8. The number of likely N-dealkylation sites (tertiary alicyclic amines) is 1. The van der Waals surface area contributed by atoms with Crippen LogP contribution in [0.1, 0.15) is 78.6 Å². The zero-order valence-corrected chi connectivity index (χ0v) is 20.3. The quantitative estimate of drug-likeness (QED) is 0.676. The van der Waals surface area contributed by atoms with Crippen LogP contribution in [0.3, 0.4) is 0 Å². The number of hydrogen-bond acceptors (Lipinski definition) is 4. The molecule has 6 rings (SSSR count). The molecule has 5 fully saturated rings. The standard InChI is InChI=1S/C27H46N4/c1-17-9-12-30-16-29-27(24(30)15-17)31-11-4-5-21-23(31)7-6-19(3)25(21)22-14-18(2)13-20-8-10-28-26(20)22/h17-23,25-26,28-29H,4-16H2,1-3H3/t17-,18+,19-,20?,21?,22?,23?,25?,26?/m1/s1. The first kappa shape index (κ1) is 20.7. The fraction of sp³-hybridized carbons (Fsp3) is 0.926. The smallest absolute Gasteiger partial charge is 0.123 e. The van der Waals surface area contributed by atoms with E-state index >= 15 is 0 Å². The molecule has 174 valence electrons. The van der Waals surface area contributed by atoms with E-state index in [2.05, 4.69) is 41.2 Å². The molecular weight excluding hydrogens is 380 g/mol. The highest BCUT2D eigenvalue weighted by molar-refractivity contribution is 5.20. The predicted molar refractivity (Wildman–Crippen MR) is 127 cm³/mol. The summed E-state index contributed by atoms with van der Waals surface area (Å²) < 4.78 is 0. The van der Waals surface area contributed by atoms with Gasteiger partial charge in [0, 0.05) is 25.2 Å². The van der Waals surface area contributed by atoms with Crippen LogP contribution in [0.2, 0.25) is 0 Å². The monoisotopic (exact) mass is 426 g/mol. The molecule has 2 saturated carbocycles. The van der Waals surface area contributed by atoms with Crippen LogP contribution in [0.4, 0.5) is 0 Å². The van der Waals surface area contributed by atoms with Crippen molar-refractivity contribution in [3.8, 4) is 0 Å². The molecule has 3 saturated heterocycles. The predicted octanol–water partition coefficient (Wildman–Crippen LogP) is 4.60. The fourth-order valence-electron chi connectivity index (χ4n) is 9.17. The molecule has 6 aliphatic rings. The lowest BCUT2D eigenvalue weighted by Crippen LogP contribution is -2.56. The Morgan fingerprint density at radius 2 is 1.77 bits per heavy atom. The minimum absolute atomic E-state index is 0.777. The van der Waals surface area contributed by atoms with Crippen molar-refractivity contribution in [1.29, 1.82) is 0 Å². The van der Waals surface area contributed by atoms with Gasteiger partial charge in [0.1, 0.15) is 5.82 Å². The molecule has 4 heteroatoms. The molecule has 4 heterocycles. The van der Waals surface area contributed by atoms with Crippen LogP contribution in [0.25, 0.3) is 0 Å². The molecule has 2 aliphatic carbocycles. The van der Waals surface area contributed by atoms with Crippen LogP contribution < -0.4 is 10.6 Å². The number of hydrogen-bond donors (Lipinski definition) is 2. The van der Waals surface area contributed by atoms with Crippen LogP contribution in [0, 0.1) is 41.4 Å². The minimum Gasteiger partial charge on any atom is -0.354 e. The summed E-state index contributed by atoms with van der Waals surface area (Å²) in [5.41, 5.74) is 1.65. The lowest BCUT2D eigenvalue weighted by atomic mass is 9.56. The van der Waals surface area contributed by atoms with Crippen LogP contribution >= 0.6 is 0 Å². The maximum Gasteiger partial charge on any atom is 0.123 e. The normalized spacial score (nSPS) is 47.6. The zero-order chi connectivity index (χ0) is 21.1. The van der Waals surface area contributed by atoms with E-state index in [1.807, 2.05) is 0 Å². The van der Waals surface area contributed by atoms with E-state index in [1.165, 1.54) is 77.4 Å². The molecule has 0 aromatic carbocycles. The number of allylic oxidation sites excluding steroid dienone is 1. The summed E-state index contributed by atoms with van der Waals surface area (Å²) in [4.78, 5) is 5.55. The van der Waals surface area contributed by atoms with Gasteiger partial charge in [0.15, 0.2) is 0 Å². The van der Waals surface area contributed by atoms with Crippen LogP contribution in [-0.4, -0.2) is 48.2 Å². The molecule has 0 aromatic heterocycles. The first-order chi connectivity index (χ1) is 15.1. The Labute approximate surface area is 190 Å². The average Bonchev–Trinajstić information content (AvgIpc) is 3.39. The Bertz CT molecular complexity index is 703. The maximum atomic E-state index is 4.01. The van der Waals surface area contributed by atoms with Crippen LogP contribution in [0.15, 0.2) is 11.5 Å². The van der Waals surface area contributed by atoms with E-state index in [9.17, 15) is 0 Å². The summed E-state index contributed by atoms with van der Waals surface area (Å²) in [6.45, 7) is 12.5. The number of nitrogens with zero attached hydrogens (tertiary/aromatic N) is 2.